The molecule has 0 radical (unpaired) electrons. The molecule has 1 saturated heterocycles. The number of halogens is 1. The summed E-state index contributed by atoms with van der Waals surface area (Å²) in [6.07, 6.45) is 2.26. The van der Waals surface area contributed by atoms with E-state index in [1.807, 2.05) is 53.6 Å². The number of hydrogen-bond donors (Lipinski definition) is 1. The second-order valence-corrected chi connectivity index (χ2v) is 11.0. The number of benzene rings is 2. The number of aromatic nitrogens is 1. The Kier molecular flexibility index (Phi) is 9.28. The number of carbonyl (C=O) groups excluding carboxylic acids is 2. The van der Waals surface area contributed by atoms with Gasteiger partial charge in [0.2, 0.25) is 0 Å². The van der Waals surface area contributed by atoms with Crippen molar-refractivity contribution in [1.29, 1.82) is 0 Å². The predicted octanol–water partition coefficient (Wildman–Crippen LogP) is 5.73. The summed E-state index contributed by atoms with van der Waals surface area (Å²) >= 11 is 7.72. The van der Waals surface area contributed by atoms with Gasteiger partial charge in [0.25, 0.3) is 11.8 Å². The number of amides is 2. The third-order valence-electron chi connectivity index (χ3n) is 6.56. The smallest absolute Gasteiger partial charge is 0.270 e. The van der Waals surface area contributed by atoms with Gasteiger partial charge in [-0.25, -0.2) is 4.98 Å². The van der Waals surface area contributed by atoms with Crippen molar-refractivity contribution in [3.05, 3.63) is 75.2 Å². The molecule has 0 spiro atoms. The highest BCUT2D eigenvalue weighted by molar-refractivity contribution is 7.09. The predicted molar refractivity (Wildman–Crippen MR) is 150 cm³/mol. The SMILES string of the molecule is CCOc1ccccc1CCNC(=O)c1csc(C2CCN(C(=O)C(C)(C)Oc3ccccc3Cl)CC2)n1. The fraction of sp³-hybridized carbons (Fsp3) is 0.414. The largest absolute Gasteiger partial charge is 0.494 e. The average Bonchev–Trinajstić information content (AvgIpc) is 3.41. The molecule has 7 nitrogen and oxygen atoms in total. The van der Waals surface area contributed by atoms with Crippen LogP contribution < -0.4 is 14.8 Å². The number of thiazole rings is 1. The van der Waals surface area contributed by atoms with Gasteiger partial charge < -0.3 is 19.7 Å². The van der Waals surface area contributed by atoms with Gasteiger partial charge in [-0.3, -0.25) is 9.59 Å². The van der Waals surface area contributed by atoms with Crippen LogP contribution >= 0.6 is 22.9 Å². The number of nitrogens with zero attached hydrogens (tertiary/aromatic N) is 2. The van der Waals surface area contributed by atoms with Gasteiger partial charge >= 0.3 is 0 Å². The monoisotopic (exact) mass is 555 g/mol. The minimum Gasteiger partial charge on any atom is -0.494 e. The van der Waals surface area contributed by atoms with Gasteiger partial charge in [-0.1, -0.05) is 41.9 Å². The van der Waals surface area contributed by atoms with Crippen LogP contribution in [0.1, 0.15) is 60.6 Å². The maximum absolute atomic E-state index is 13.2. The molecule has 2 aromatic carbocycles. The Balaban J connectivity index is 1.27. The lowest BCUT2D eigenvalue weighted by atomic mass is 9.96. The van der Waals surface area contributed by atoms with Crippen LogP contribution in [-0.4, -0.2) is 53.5 Å². The van der Waals surface area contributed by atoms with Crippen molar-refractivity contribution in [2.75, 3.05) is 26.2 Å². The minimum atomic E-state index is -1.03. The molecule has 4 rings (SSSR count). The molecule has 1 aromatic heterocycles. The molecule has 0 saturated carbocycles. The summed E-state index contributed by atoms with van der Waals surface area (Å²) in [7, 11) is 0. The van der Waals surface area contributed by atoms with Crippen LogP contribution in [-0.2, 0) is 11.2 Å². The van der Waals surface area contributed by atoms with E-state index in [0.29, 0.717) is 49.1 Å². The summed E-state index contributed by atoms with van der Waals surface area (Å²) in [6.45, 7) is 7.82. The van der Waals surface area contributed by atoms with Crippen molar-refractivity contribution in [2.45, 2.75) is 51.6 Å². The topological polar surface area (TPSA) is 80.8 Å². The van der Waals surface area contributed by atoms with E-state index in [9.17, 15) is 9.59 Å². The van der Waals surface area contributed by atoms with Crippen LogP contribution in [0, 0.1) is 0 Å². The molecular weight excluding hydrogens is 522 g/mol. The van der Waals surface area contributed by atoms with Crippen molar-refractivity contribution in [3.8, 4) is 11.5 Å². The zero-order chi connectivity index (χ0) is 27.1. The van der Waals surface area contributed by atoms with E-state index in [0.717, 1.165) is 29.2 Å². The van der Waals surface area contributed by atoms with Gasteiger partial charge in [0, 0.05) is 30.9 Å². The Morgan fingerprint density at radius 3 is 2.50 bits per heavy atom. The van der Waals surface area contributed by atoms with Crippen molar-refractivity contribution in [1.82, 2.24) is 15.2 Å². The van der Waals surface area contributed by atoms with Gasteiger partial charge in [0.15, 0.2) is 5.60 Å². The van der Waals surface area contributed by atoms with Crippen molar-refractivity contribution in [2.24, 2.45) is 0 Å². The molecule has 9 heteroatoms. The number of nitrogens with one attached hydrogen (secondary N) is 1. The van der Waals surface area contributed by atoms with E-state index in [1.54, 1.807) is 26.0 Å². The van der Waals surface area contributed by atoms with E-state index in [4.69, 9.17) is 21.1 Å². The molecule has 202 valence electrons. The molecule has 1 aliphatic rings. The number of likely N-dealkylation sites (tertiary alicyclic amines) is 1. The average molecular weight is 556 g/mol. The van der Waals surface area contributed by atoms with Gasteiger partial charge in [-0.2, -0.15) is 0 Å². The summed E-state index contributed by atoms with van der Waals surface area (Å²) < 4.78 is 11.6. The fourth-order valence-corrected chi connectivity index (χ4v) is 5.69. The first-order valence-corrected chi connectivity index (χ1v) is 14.2. The molecule has 38 heavy (non-hydrogen) atoms. The molecular formula is C29H34ClN3O4S. The number of carbonyl (C=O) groups is 2. The Hall–Kier alpha value is -3.10. The summed E-state index contributed by atoms with van der Waals surface area (Å²) in [6, 6.07) is 15.0. The molecule has 0 bridgehead atoms. The van der Waals surface area contributed by atoms with Gasteiger partial charge in [-0.05, 0) is 63.8 Å². The normalized spacial score (nSPS) is 14.3. The Bertz CT molecular complexity index is 1250. The lowest BCUT2D eigenvalue weighted by molar-refractivity contribution is -0.146. The number of piperidine rings is 1. The summed E-state index contributed by atoms with van der Waals surface area (Å²) in [5.41, 5.74) is 0.472. The van der Waals surface area contributed by atoms with Crippen LogP contribution in [0.15, 0.2) is 53.9 Å². The van der Waals surface area contributed by atoms with E-state index in [-0.39, 0.29) is 17.7 Å². The van der Waals surface area contributed by atoms with Crippen LogP contribution in [0.2, 0.25) is 5.02 Å². The molecule has 2 heterocycles. The Morgan fingerprint density at radius 1 is 1.11 bits per heavy atom. The highest BCUT2D eigenvalue weighted by Crippen LogP contribution is 2.33. The summed E-state index contributed by atoms with van der Waals surface area (Å²) in [5, 5.41) is 6.20. The number of para-hydroxylation sites is 2. The molecule has 0 aliphatic carbocycles. The maximum Gasteiger partial charge on any atom is 0.270 e. The van der Waals surface area contributed by atoms with Crippen molar-refractivity contribution in [3.63, 3.8) is 0 Å². The molecule has 1 fully saturated rings. The Morgan fingerprint density at radius 2 is 1.79 bits per heavy atom. The molecule has 2 amide bonds. The van der Waals surface area contributed by atoms with Gasteiger partial charge in [0.1, 0.15) is 17.2 Å². The maximum atomic E-state index is 13.2. The summed E-state index contributed by atoms with van der Waals surface area (Å²) in [4.78, 5) is 32.4. The summed E-state index contributed by atoms with van der Waals surface area (Å²) in [5.74, 6) is 1.32. The fourth-order valence-electron chi connectivity index (χ4n) is 4.54. The highest BCUT2D eigenvalue weighted by atomic mass is 35.5. The van der Waals surface area contributed by atoms with E-state index >= 15 is 0 Å². The van der Waals surface area contributed by atoms with Crippen molar-refractivity contribution < 1.29 is 19.1 Å². The lowest BCUT2D eigenvalue weighted by Gasteiger charge is -2.36. The molecule has 3 aromatic rings. The van der Waals surface area contributed by atoms with Gasteiger partial charge in [-0.15, -0.1) is 11.3 Å². The van der Waals surface area contributed by atoms with Crippen molar-refractivity contribution >= 4 is 34.8 Å². The zero-order valence-corrected chi connectivity index (χ0v) is 23.6. The molecule has 1 N–H and O–H groups in total. The number of ether oxygens (including phenoxy) is 2. The Labute approximate surface area is 233 Å². The second-order valence-electron chi connectivity index (χ2n) is 9.73. The third-order valence-corrected chi connectivity index (χ3v) is 7.87. The minimum absolute atomic E-state index is 0.0685. The van der Waals surface area contributed by atoms with Gasteiger partial charge in [0.05, 0.1) is 16.6 Å². The molecule has 0 atom stereocenters. The lowest BCUT2D eigenvalue weighted by Crippen LogP contribution is -2.51. The first-order valence-electron chi connectivity index (χ1n) is 13.0. The molecule has 0 unspecified atom stereocenters. The first kappa shape index (κ1) is 27.9. The quantitative estimate of drug-likeness (QED) is 0.345. The van der Waals surface area contributed by atoms with E-state index < -0.39 is 5.60 Å². The van der Waals surface area contributed by atoms with Crippen LogP contribution in [0.5, 0.6) is 11.5 Å². The van der Waals surface area contributed by atoms with E-state index in [2.05, 4.69) is 10.3 Å². The third kappa shape index (κ3) is 6.85. The zero-order valence-electron chi connectivity index (χ0n) is 22.0. The number of rotatable bonds is 10. The van der Waals surface area contributed by atoms with Crippen LogP contribution in [0.4, 0.5) is 0 Å². The standard InChI is InChI=1S/C29H34ClN3O4S/c1-4-36-24-11-7-5-9-20(24)13-16-31-26(34)23-19-38-27(32-23)21-14-17-33(18-15-21)28(35)29(2,3)37-25-12-8-6-10-22(25)30/h5-12,19,21H,4,13-18H2,1-3H3,(H,31,34). The molecule has 1 aliphatic heterocycles. The number of hydrogen-bond acceptors (Lipinski definition) is 6. The van der Waals surface area contributed by atoms with E-state index in [1.165, 1.54) is 11.3 Å². The van der Waals surface area contributed by atoms with Crippen LogP contribution in [0.25, 0.3) is 0 Å². The van der Waals surface area contributed by atoms with Crippen LogP contribution in [0.3, 0.4) is 0 Å². The second kappa shape index (κ2) is 12.6. The first-order chi connectivity index (χ1) is 18.3. The highest BCUT2D eigenvalue weighted by Gasteiger charge is 2.37.